The molecule has 1 amide bonds. The Morgan fingerprint density at radius 2 is 1.77 bits per heavy atom. The van der Waals surface area contributed by atoms with Gasteiger partial charge in [0.1, 0.15) is 0 Å². The number of anilines is 1. The van der Waals surface area contributed by atoms with E-state index in [1.807, 2.05) is 0 Å². The summed E-state index contributed by atoms with van der Waals surface area (Å²) >= 11 is 0. The van der Waals surface area contributed by atoms with Gasteiger partial charge in [0, 0.05) is 12.6 Å². The van der Waals surface area contributed by atoms with Crippen molar-refractivity contribution in [3.8, 4) is 0 Å². The summed E-state index contributed by atoms with van der Waals surface area (Å²) in [6.45, 7) is 1.36. The molecule has 4 N–H and O–H groups in total. The zero-order valence-electron chi connectivity index (χ0n) is 11.5. The number of rotatable bonds is 4. The van der Waals surface area contributed by atoms with Crippen molar-refractivity contribution in [1.82, 2.24) is 0 Å². The molecule has 1 aromatic heterocycles. The number of nitrogens with two attached hydrogens (primary N) is 1. The first-order valence-corrected chi connectivity index (χ1v) is 7.36. The van der Waals surface area contributed by atoms with Crippen LogP contribution in [0.3, 0.4) is 0 Å². The number of nitrogen functional groups attached to an aromatic ring is 1. The molecule has 0 atom stereocenters. The number of amides is 1. The molecule has 2 aromatic rings. The molecular weight excluding hydrogens is 330 g/mol. The quantitative estimate of drug-likeness (QED) is 0.576. The molecule has 0 aliphatic heterocycles. The molecular formula is C13H14ClN3O4S. The smallest absolute Gasteiger partial charge is 0.239 e. The fourth-order valence-electron chi connectivity index (χ4n) is 1.65. The number of hydrogen-bond donors (Lipinski definition) is 3. The van der Waals surface area contributed by atoms with E-state index in [0.717, 1.165) is 0 Å². The number of hydrogen-bond acceptors (Lipinski definition) is 5. The van der Waals surface area contributed by atoms with Crippen molar-refractivity contribution in [1.29, 1.82) is 5.41 Å². The standard InChI is InChI=1S/C13H13N3O4S.ClH/c1-8(17)16-9-2-4-10(5-3-9)21(18,19)12-7-6-11(20-12)13(14)15;/h2-7H,1H3,(H3,14,15)(H,16,17);1H. The summed E-state index contributed by atoms with van der Waals surface area (Å²) in [5.41, 5.74) is 5.72. The number of carbonyl (C=O) groups is 1. The molecule has 0 aliphatic rings. The van der Waals surface area contributed by atoms with Crippen molar-refractivity contribution in [3.63, 3.8) is 0 Å². The summed E-state index contributed by atoms with van der Waals surface area (Å²) in [6, 6.07) is 8.23. The lowest BCUT2D eigenvalue weighted by Gasteiger charge is -2.04. The lowest BCUT2D eigenvalue weighted by atomic mass is 10.3. The summed E-state index contributed by atoms with van der Waals surface area (Å²) < 4.78 is 29.7. The van der Waals surface area contributed by atoms with Crippen molar-refractivity contribution < 1.29 is 17.6 Å². The van der Waals surface area contributed by atoms with Gasteiger partial charge in [0.05, 0.1) is 4.90 Å². The molecule has 22 heavy (non-hydrogen) atoms. The second kappa shape index (κ2) is 6.63. The highest BCUT2D eigenvalue weighted by molar-refractivity contribution is 7.91. The van der Waals surface area contributed by atoms with Gasteiger partial charge in [0.2, 0.25) is 20.8 Å². The molecule has 2 rings (SSSR count). The first-order chi connectivity index (χ1) is 9.80. The third-order valence-corrected chi connectivity index (χ3v) is 4.24. The lowest BCUT2D eigenvalue weighted by Crippen LogP contribution is -2.09. The van der Waals surface area contributed by atoms with E-state index in [1.54, 1.807) is 0 Å². The van der Waals surface area contributed by atoms with Crippen LogP contribution < -0.4 is 11.1 Å². The molecule has 0 unspecified atom stereocenters. The zero-order valence-corrected chi connectivity index (χ0v) is 13.1. The largest absolute Gasteiger partial charge is 0.441 e. The maximum absolute atomic E-state index is 12.3. The molecule has 0 aliphatic carbocycles. The minimum Gasteiger partial charge on any atom is -0.441 e. The van der Waals surface area contributed by atoms with Crippen LogP contribution in [0.15, 0.2) is 50.8 Å². The van der Waals surface area contributed by atoms with E-state index in [2.05, 4.69) is 5.32 Å². The first kappa shape index (κ1) is 17.7. The van der Waals surface area contributed by atoms with Gasteiger partial charge < -0.3 is 15.5 Å². The summed E-state index contributed by atoms with van der Waals surface area (Å²) in [7, 11) is -3.83. The minimum absolute atomic E-state index is 0. The van der Waals surface area contributed by atoms with E-state index < -0.39 is 9.84 Å². The van der Waals surface area contributed by atoms with Crippen LogP contribution in [-0.4, -0.2) is 20.2 Å². The second-order valence-electron chi connectivity index (χ2n) is 4.24. The van der Waals surface area contributed by atoms with Gasteiger partial charge in [-0.2, -0.15) is 0 Å². The molecule has 0 saturated heterocycles. The van der Waals surface area contributed by atoms with E-state index in [4.69, 9.17) is 15.6 Å². The van der Waals surface area contributed by atoms with Gasteiger partial charge in [-0.3, -0.25) is 10.2 Å². The zero-order chi connectivity index (χ0) is 15.6. The number of benzene rings is 1. The van der Waals surface area contributed by atoms with Gasteiger partial charge in [0.15, 0.2) is 11.6 Å². The van der Waals surface area contributed by atoms with Crippen molar-refractivity contribution >= 4 is 39.7 Å². The van der Waals surface area contributed by atoms with Crippen LogP contribution in [0.2, 0.25) is 0 Å². The molecule has 1 aromatic carbocycles. The van der Waals surface area contributed by atoms with Gasteiger partial charge in [-0.05, 0) is 36.4 Å². The van der Waals surface area contributed by atoms with E-state index in [1.165, 1.54) is 43.3 Å². The topological polar surface area (TPSA) is 126 Å². The molecule has 118 valence electrons. The summed E-state index contributed by atoms with van der Waals surface area (Å²) in [5, 5.41) is 9.45. The third kappa shape index (κ3) is 3.66. The molecule has 9 heteroatoms. The number of sulfone groups is 1. The molecule has 0 fully saturated rings. The fraction of sp³-hybridized carbons (Fsp3) is 0.0769. The van der Waals surface area contributed by atoms with Crippen molar-refractivity contribution in [3.05, 3.63) is 42.2 Å². The van der Waals surface area contributed by atoms with Crippen LogP contribution in [0.25, 0.3) is 0 Å². The van der Waals surface area contributed by atoms with Crippen LogP contribution in [-0.2, 0) is 14.6 Å². The van der Waals surface area contributed by atoms with Crippen molar-refractivity contribution in [2.45, 2.75) is 16.9 Å². The molecule has 0 spiro atoms. The Kier molecular flexibility index (Phi) is 5.34. The number of carbonyl (C=O) groups excluding carboxylic acids is 1. The predicted octanol–water partition coefficient (Wildman–Crippen LogP) is 1.78. The third-order valence-electron chi connectivity index (χ3n) is 2.60. The van der Waals surface area contributed by atoms with Gasteiger partial charge in [-0.1, -0.05) is 0 Å². The average molecular weight is 344 g/mol. The normalized spacial score (nSPS) is 10.6. The van der Waals surface area contributed by atoms with Gasteiger partial charge in [-0.25, -0.2) is 8.42 Å². The Labute approximate surface area is 133 Å². The monoisotopic (exact) mass is 343 g/mol. The van der Waals surface area contributed by atoms with E-state index in [0.29, 0.717) is 5.69 Å². The maximum Gasteiger partial charge on any atom is 0.239 e. The summed E-state index contributed by atoms with van der Waals surface area (Å²) in [6.07, 6.45) is 0. The Bertz CT molecular complexity index is 797. The SMILES string of the molecule is CC(=O)Nc1ccc(S(=O)(=O)c2ccc(C(=N)N)o2)cc1.Cl. The first-order valence-electron chi connectivity index (χ1n) is 5.87. The number of halogens is 1. The van der Waals surface area contributed by atoms with Crippen molar-refractivity contribution in [2.24, 2.45) is 5.73 Å². The highest BCUT2D eigenvalue weighted by atomic mass is 35.5. The van der Waals surface area contributed by atoms with Crippen LogP contribution in [0.5, 0.6) is 0 Å². The van der Waals surface area contributed by atoms with Crippen molar-refractivity contribution in [2.75, 3.05) is 5.32 Å². The Morgan fingerprint density at radius 1 is 1.18 bits per heavy atom. The second-order valence-corrected chi connectivity index (χ2v) is 6.12. The fourth-order valence-corrected chi connectivity index (χ4v) is 2.82. The Balaban J connectivity index is 0.00000242. The van der Waals surface area contributed by atoms with Gasteiger partial charge >= 0.3 is 0 Å². The van der Waals surface area contributed by atoms with Gasteiger partial charge in [-0.15, -0.1) is 12.4 Å². The van der Waals surface area contributed by atoms with E-state index >= 15 is 0 Å². The molecule has 0 saturated carbocycles. The maximum atomic E-state index is 12.3. The number of amidine groups is 1. The summed E-state index contributed by atoms with van der Waals surface area (Å²) in [5.74, 6) is -0.608. The van der Waals surface area contributed by atoms with Crippen LogP contribution in [0, 0.1) is 5.41 Å². The minimum atomic E-state index is -3.83. The van der Waals surface area contributed by atoms with Crippen LogP contribution in [0.1, 0.15) is 12.7 Å². The molecule has 0 radical (unpaired) electrons. The van der Waals surface area contributed by atoms with Crippen LogP contribution in [0.4, 0.5) is 5.69 Å². The molecule has 7 nitrogen and oxygen atoms in total. The average Bonchev–Trinajstić information content (AvgIpc) is 2.89. The molecule has 1 heterocycles. The van der Waals surface area contributed by atoms with Crippen LogP contribution >= 0.6 is 12.4 Å². The van der Waals surface area contributed by atoms with E-state index in [-0.39, 0.29) is 39.9 Å². The number of furan rings is 1. The Morgan fingerprint density at radius 3 is 2.23 bits per heavy atom. The number of nitrogens with one attached hydrogen (secondary N) is 2. The summed E-state index contributed by atoms with van der Waals surface area (Å²) in [4.78, 5) is 10.9. The predicted molar refractivity (Wildman–Crippen MR) is 83.2 cm³/mol. The lowest BCUT2D eigenvalue weighted by molar-refractivity contribution is -0.114. The highest BCUT2D eigenvalue weighted by Crippen LogP contribution is 2.24. The van der Waals surface area contributed by atoms with Gasteiger partial charge in [0.25, 0.3) is 0 Å². The highest BCUT2D eigenvalue weighted by Gasteiger charge is 2.22. The van der Waals surface area contributed by atoms with E-state index in [9.17, 15) is 13.2 Å². The Hall–Kier alpha value is -2.32. The molecule has 0 bridgehead atoms.